The van der Waals surface area contributed by atoms with Crippen LogP contribution in [0, 0.1) is 0 Å². The van der Waals surface area contributed by atoms with E-state index in [-0.39, 0.29) is 5.44 Å². The van der Waals surface area contributed by atoms with Gasteiger partial charge in [-0.1, -0.05) is 25.1 Å². The van der Waals surface area contributed by atoms with E-state index in [4.69, 9.17) is 4.74 Å². The van der Waals surface area contributed by atoms with Crippen molar-refractivity contribution in [2.75, 3.05) is 14.1 Å². The van der Waals surface area contributed by atoms with Crippen molar-refractivity contribution in [1.29, 1.82) is 0 Å². The molecule has 0 bridgehead atoms. The molecule has 0 amide bonds. The third-order valence-corrected chi connectivity index (χ3v) is 4.74. The Balaban J connectivity index is 2.10. The number of hydrogen-bond acceptors (Lipinski definition) is 7. The van der Waals surface area contributed by atoms with Crippen LogP contribution in [0.3, 0.4) is 0 Å². The molecule has 0 aliphatic carbocycles. The Hall–Kier alpha value is -0.340. The molecule has 1 unspecified atom stereocenters. The highest BCUT2D eigenvalue weighted by Crippen LogP contribution is 2.38. The lowest BCUT2D eigenvalue weighted by Crippen LogP contribution is -2.58. The third-order valence-electron chi connectivity index (χ3n) is 3.43. The Kier molecular flexibility index (Phi) is 4.73. The topological polar surface area (TPSA) is 85.5 Å². The van der Waals surface area contributed by atoms with E-state index >= 15 is 0 Å². The van der Waals surface area contributed by atoms with Crippen LogP contribution in [0.4, 0.5) is 0 Å². The fourth-order valence-corrected chi connectivity index (χ4v) is 3.52. The van der Waals surface area contributed by atoms with E-state index in [0.717, 1.165) is 11.6 Å². The number of rotatable bonds is 3. The molecule has 2 rings (SSSR count). The number of aliphatic imine (C=N–C) groups is 1. The summed E-state index contributed by atoms with van der Waals surface area (Å²) in [5, 5.41) is 31.0. The van der Waals surface area contributed by atoms with Crippen molar-refractivity contribution in [1.82, 2.24) is 4.90 Å². The summed E-state index contributed by atoms with van der Waals surface area (Å²) in [6.07, 6.45) is -2.28. The van der Waals surface area contributed by atoms with E-state index in [9.17, 15) is 15.3 Å². The molecule has 0 aromatic carbocycles. The maximum absolute atomic E-state index is 10.2. The van der Waals surface area contributed by atoms with Gasteiger partial charge in [0, 0.05) is 14.1 Å². The monoisotopic (exact) mass is 290 g/mol. The van der Waals surface area contributed by atoms with Crippen LogP contribution in [0.5, 0.6) is 0 Å². The Morgan fingerprint density at radius 2 is 2.05 bits per heavy atom. The number of aliphatic hydroxyl groups is 3. The van der Waals surface area contributed by atoms with E-state index in [2.05, 4.69) is 4.99 Å². The van der Waals surface area contributed by atoms with Crippen LogP contribution in [0.1, 0.15) is 19.8 Å². The van der Waals surface area contributed by atoms with Crippen LogP contribution in [-0.4, -0.2) is 75.4 Å². The molecular formula is C12H22N2O4S. The molecule has 2 aliphatic rings. The van der Waals surface area contributed by atoms with E-state index in [0.29, 0.717) is 6.42 Å². The SMILES string of the molecule is CCCC(O)[C@H]1O[C@@H]2SC(N(C)C)=N[C@@H]2[C@@H](O)[C@@H]1O. The first-order chi connectivity index (χ1) is 8.95. The lowest BCUT2D eigenvalue weighted by atomic mass is 9.93. The molecule has 7 heteroatoms. The zero-order chi connectivity index (χ0) is 14.2. The van der Waals surface area contributed by atoms with Crippen LogP contribution in [0.25, 0.3) is 0 Å². The van der Waals surface area contributed by atoms with Crippen LogP contribution in [-0.2, 0) is 4.74 Å². The van der Waals surface area contributed by atoms with Gasteiger partial charge in [0.25, 0.3) is 0 Å². The number of thioether (sulfide) groups is 1. The van der Waals surface area contributed by atoms with Gasteiger partial charge in [0.15, 0.2) is 5.17 Å². The second-order valence-electron chi connectivity index (χ2n) is 5.22. The molecule has 2 heterocycles. The summed E-state index contributed by atoms with van der Waals surface area (Å²) in [5.74, 6) is 0. The fraction of sp³-hybridized carbons (Fsp3) is 0.917. The second kappa shape index (κ2) is 5.97. The van der Waals surface area contributed by atoms with Crippen molar-refractivity contribution < 1.29 is 20.1 Å². The molecule has 0 spiro atoms. The van der Waals surface area contributed by atoms with Crippen molar-refractivity contribution in [2.45, 2.75) is 55.7 Å². The molecule has 3 N–H and O–H groups in total. The van der Waals surface area contributed by atoms with Crippen molar-refractivity contribution in [3.8, 4) is 0 Å². The normalized spacial score (nSPS) is 39.7. The molecule has 2 aliphatic heterocycles. The minimum atomic E-state index is -1.10. The first kappa shape index (κ1) is 15.1. The average molecular weight is 290 g/mol. The largest absolute Gasteiger partial charge is 0.390 e. The minimum Gasteiger partial charge on any atom is -0.390 e. The van der Waals surface area contributed by atoms with Crippen molar-refractivity contribution in [2.24, 2.45) is 4.99 Å². The molecule has 110 valence electrons. The molecule has 6 atom stereocenters. The maximum atomic E-state index is 10.2. The smallest absolute Gasteiger partial charge is 0.161 e. The molecule has 0 radical (unpaired) electrons. The van der Waals surface area contributed by atoms with E-state index in [1.807, 2.05) is 25.9 Å². The van der Waals surface area contributed by atoms with Gasteiger partial charge in [0.1, 0.15) is 29.8 Å². The molecule has 1 fully saturated rings. The summed E-state index contributed by atoms with van der Waals surface area (Å²) in [5.41, 5.74) is -0.340. The van der Waals surface area contributed by atoms with Crippen LogP contribution in [0.2, 0.25) is 0 Å². The standard InChI is InChI=1S/C12H22N2O4S/c1-4-5-6(15)10-9(17)8(16)7-11(18-10)19-12(13-7)14(2)3/h6-11,15-17H,4-5H2,1-3H3/t6?,7-,8-,9+,10-,11-/m1/s1. The summed E-state index contributed by atoms with van der Waals surface area (Å²) < 4.78 is 5.75. The lowest BCUT2D eigenvalue weighted by molar-refractivity contribution is -0.185. The zero-order valence-electron chi connectivity index (χ0n) is 11.4. The van der Waals surface area contributed by atoms with Crippen molar-refractivity contribution in [3.05, 3.63) is 0 Å². The van der Waals surface area contributed by atoms with Crippen LogP contribution >= 0.6 is 11.8 Å². The number of ether oxygens (including phenoxy) is 1. The van der Waals surface area contributed by atoms with Gasteiger partial charge in [-0.05, 0) is 6.42 Å². The third kappa shape index (κ3) is 2.90. The van der Waals surface area contributed by atoms with E-state index in [1.165, 1.54) is 11.8 Å². The second-order valence-corrected chi connectivity index (χ2v) is 6.29. The molecule has 6 nitrogen and oxygen atoms in total. The first-order valence-electron chi connectivity index (χ1n) is 6.57. The first-order valence-corrected chi connectivity index (χ1v) is 7.45. The quantitative estimate of drug-likeness (QED) is 0.657. The van der Waals surface area contributed by atoms with Gasteiger partial charge in [0.2, 0.25) is 0 Å². The van der Waals surface area contributed by atoms with Gasteiger partial charge < -0.3 is 25.0 Å². The molecule has 1 saturated heterocycles. The van der Waals surface area contributed by atoms with E-state index < -0.39 is 30.5 Å². The van der Waals surface area contributed by atoms with Gasteiger partial charge in [-0.15, -0.1) is 0 Å². The average Bonchev–Trinajstić information content (AvgIpc) is 2.78. The molecule has 19 heavy (non-hydrogen) atoms. The van der Waals surface area contributed by atoms with E-state index in [1.54, 1.807) is 0 Å². The zero-order valence-corrected chi connectivity index (χ0v) is 12.2. The fourth-order valence-electron chi connectivity index (χ4n) is 2.37. The summed E-state index contributed by atoms with van der Waals surface area (Å²) in [6.45, 7) is 1.95. The highest BCUT2D eigenvalue weighted by atomic mass is 32.2. The molecule has 0 aromatic heterocycles. The molecule has 0 saturated carbocycles. The molecule has 0 aromatic rings. The Morgan fingerprint density at radius 3 is 2.63 bits per heavy atom. The highest BCUT2D eigenvalue weighted by molar-refractivity contribution is 8.14. The highest BCUT2D eigenvalue weighted by Gasteiger charge is 2.50. The van der Waals surface area contributed by atoms with Crippen molar-refractivity contribution >= 4 is 16.9 Å². The Labute approximate surface area is 117 Å². The lowest BCUT2D eigenvalue weighted by Gasteiger charge is -2.40. The summed E-state index contributed by atoms with van der Waals surface area (Å²) in [7, 11) is 3.74. The number of fused-ring (bicyclic) bond motifs is 1. The summed E-state index contributed by atoms with van der Waals surface area (Å²) in [4.78, 5) is 6.22. The molecular weight excluding hydrogens is 268 g/mol. The van der Waals surface area contributed by atoms with Crippen molar-refractivity contribution in [3.63, 3.8) is 0 Å². The summed E-state index contributed by atoms with van der Waals surface area (Å²) >= 11 is 1.42. The van der Waals surface area contributed by atoms with Crippen LogP contribution in [0.15, 0.2) is 4.99 Å². The van der Waals surface area contributed by atoms with Gasteiger partial charge in [-0.3, -0.25) is 4.99 Å². The number of hydrogen-bond donors (Lipinski definition) is 3. The minimum absolute atomic E-state index is 0.340. The van der Waals surface area contributed by atoms with Crippen LogP contribution < -0.4 is 0 Å². The van der Waals surface area contributed by atoms with Gasteiger partial charge >= 0.3 is 0 Å². The summed E-state index contributed by atoms with van der Waals surface area (Å²) in [6, 6.07) is -0.470. The number of aliphatic hydroxyl groups excluding tert-OH is 3. The number of amidine groups is 1. The maximum Gasteiger partial charge on any atom is 0.161 e. The number of nitrogens with zero attached hydrogens (tertiary/aromatic N) is 2. The Bertz CT molecular complexity index is 353. The Morgan fingerprint density at radius 1 is 1.37 bits per heavy atom. The van der Waals surface area contributed by atoms with Gasteiger partial charge in [-0.2, -0.15) is 0 Å². The van der Waals surface area contributed by atoms with Gasteiger partial charge in [0.05, 0.1) is 6.10 Å². The van der Waals surface area contributed by atoms with Gasteiger partial charge in [-0.25, -0.2) is 0 Å². The predicted octanol–water partition coefficient (Wildman–Crippen LogP) is -0.373. The predicted molar refractivity (Wildman–Crippen MR) is 74.1 cm³/mol.